The number of hydrogen-bond donors (Lipinski definition) is 3. The number of ether oxygens (including phenoxy) is 2. The monoisotopic (exact) mass is 491 g/mol. The number of fused-ring (bicyclic) bond motifs is 10. The van der Waals surface area contributed by atoms with E-state index < -0.39 is 0 Å². The minimum absolute atomic E-state index is 0.0792. The SMILES string of the molecule is COc1ccc(CN2C(=O)c3c(c4c5cc(OC)ccc5[nH]c4c4[nH]c5ccc(O)cc5c34)C2=O)cc1. The van der Waals surface area contributed by atoms with Gasteiger partial charge in [0.15, 0.2) is 0 Å². The predicted molar refractivity (Wildman–Crippen MR) is 141 cm³/mol. The van der Waals surface area contributed by atoms with Crippen molar-refractivity contribution in [1.82, 2.24) is 14.9 Å². The first kappa shape index (κ1) is 21.3. The van der Waals surface area contributed by atoms with E-state index >= 15 is 0 Å². The number of phenolic OH excluding ortho intramolecular Hbond substituents is 1. The average Bonchev–Trinajstić information content (AvgIpc) is 3.55. The van der Waals surface area contributed by atoms with Gasteiger partial charge >= 0.3 is 0 Å². The van der Waals surface area contributed by atoms with Gasteiger partial charge in [-0.2, -0.15) is 0 Å². The van der Waals surface area contributed by atoms with Gasteiger partial charge in [-0.05, 0) is 54.1 Å². The van der Waals surface area contributed by atoms with Gasteiger partial charge in [-0.25, -0.2) is 0 Å². The molecule has 2 amide bonds. The summed E-state index contributed by atoms with van der Waals surface area (Å²) in [5, 5.41) is 13.0. The van der Waals surface area contributed by atoms with Gasteiger partial charge < -0.3 is 24.5 Å². The zero-order chi connectivity index (χ0) is 25.4. The second-order valence-electron chi connectivity index (χ2n) is 9.19. The lowest BCUT2D eigenvalue weighted by molar-refractivity contribution is 0.0643. The number of carbonyl (C=O) groups excluding carboxylic acids is 2. The highest BCUT2D eigenvalue weighted by atomic mass is 16.5. The summed E-state index contributed by atoms with van der Waals surface area (Å²) in [5.41, 5.74) is 4.50. The summed E-state index contributed by atoms with van der Waals surface area (Å²) < 4.78 is 10.7. The highest BCUT2D eigenvalue weighted by Crippen LogP contribution is 2.45. The van der Waals surface area contributed by atoms with Gasteiger partial charge in [-0.3, -0.25) is 14.5 Å². The van der Waals surface area contributed by atoms with Gasteiger partial charge in [0.25, 0.3) is 11.8 Å². The second-order valence-corrected chi connectivity index (χ2v) is 9.19. The molecule has 182 valence electrons. The number of amides is 2. The van der Waals surface area contributed by atoms with Gasteiger partial charge in [0.2, 0.25) is 0 Å². The molecule has 0 spiro atoms. The van der Waals surface area contributed by atoms with Crippen LogP contribution in [0.5, 0.6) is 17.2 Å². The Balaban J connectivity index is 1.55. The minimum Gasteiger partial charge on any atom is -0.508 e. The topological polar surface area (TPSA) is 108 Å². The molecule has 8 nitrogen and oxygen atoms in total. The number of H-pyrrole nitrogens is 2. The van der Waals surface area contributed by atoms with Crippen LogP contribution in [0.2, 0.25) is 0 Å². The quantitative estimate of drug-likeness (QED) is 0.283. The molecule has 0 bridgehead atoms. The van der Waals surface area contributed by atoms with E-state index in [0.29, 0.717) is 44.3 Å². The largest absolute Gasteiger partial charge is 0.508 e. The first-order valence-corrected chi connectivity index (χ1v) is 11.8. The highest BCUT2D eigenvalue weighted by molar-refractivity contribution is 6.39. The highest BCUT2D eigenvalue weighted by Gasteiger charge is 2.41. The normalized spacial score (nSPS) is 13.4. The summed E-state index contributed by atoms with van der Waals surface area (Å²) in [5.74, 6) is 0.692. The van der Waals surface area contributed by atoms with Crippen LogP contribution in [-0.2, 0) is 6.54 Å². The van der Waals surface area contributed by atoms with E-state index in [-0.39, 0.29) is 24.1 Å². The molecule has 1 aliphatic heterocycles. The Kier molecular flexibility index (Phi) is 4.33. The molecular weight excluding hydrogens is 470 g/mol. The summed E-state index contributed by atoms with van der Waals surface area (Å²) in [6.07, 6.45) is 0. The molecule has 0 atom stereocenters. The van der Waals surface area contributed by atoms with E-state index in [1.54, 1.807) is 44.6 Å². The number of aromatic amines is 2. The Morgan fingerprint density at radius 2 is 1.27 bits per heavy atom. The first-order valence-electron chi connectivity index (χ1n) is 11.8. The van der Waals surface area contributed by atoms with Crippen LogP contribution in [0.15, 0.2) is 60.7 Å². The summed E-state index contributed by atoms with van der Waals surface area (Å²) in [4.78, 5) is 36.1. The lowest BCUT2D eigenvalue weighted by atomic mass is 9.96. The molecule has 3 heterocycles. The van der Waals surface area contributed by atoms with Crippen molar-refractivity contribution in [2.24, 2.45) is 0 Å². The molecular formula is C29H21N3O5. The average molecular weight is 492 g/mol. The fourth-order valence-corrected chi connectivity index (χ4v) is 5.47. The molecule has 37 heavy (non-hydrogen) atoms. The van der Waals surface area contributed by atoms with E-state index in [1.165, 1.54) is 4.90 Å². The second kappa shape index (κ2) is 7.51. The number of nitrogens with zero attached hydrogens (tertiary/aromatic N) is 1. The van der Waals surface area contributed by atoms with Crippen molar-refractivity contribution in [3.63, 3.8) is 0 Å². The number of methoxy groups -OCH3 is 2. The molecule has 1 aliphatic rings. The van der Waals surface area contributed by atoms with E-state index in [4.69, 9.17) is 9.47 Å². The van der Waals surface area contributed by atoms with Crippen LogP contribution in [0.3, 0.4) is 0 Å². The van der Waals surface area contributed by atoms with Gasteiger partial charge in [0.1, 0.15) is 17.2 Å². The van der Waals surface area contributed by atoms with Crippen molar-refractivity contribution in [3.05, 3.63) is 77.4 Å². The molecule has 7 rings (SSSR count). The van der Waals surface area contributed by atoms with Crippen LogP contribution in [0.4, 0.5) is 0 Å². The number of hydrogen-bond acceptors (Lipinski definition) is 5. The number of benzene rings is 4. The number of aromatic nitrogens is 2. The molecule has 4 aromatic carbocycles. The number of nitrogens with one attached hydrogen (secondary N) is 2. The van der Waals surface area contributed by atoms with E-state index in [9.17, 15) is 14.7 Å². The molecule has 0 saturated heterocycles. The predicted octanol–water partition coefficient (Wildman–Crippen LogP) is 5.47. The van der Waals surface area contributed by atoms with Gasteiger partial charge in [-0.15, -0.1) is 0 Å². The van der Waals surface area contributed by atoms with Crippen LogP contribution in [0.25, 0.3) is 43.6 Å². The van der Waals surface area contributed by atoms with Gasteiger partial charge in [0, 0.05) is 32.6 Å². The summed E-state index contributed by atoms with van der Waals surface area (Å²) in [7, 11) is 3.18. The van der Waals surface area contributed by atoms with E-state index in [2.05, 4.69) is 9.97 Å². The Bertz CT molecular complexity index is 1930. The minimum atomic E-state index is -0.371. The number of phenols is 1. The van der Waals surface area contributed by atoms with Crippen molar-refractivity contribution in [2.75, 3.05) is 14.2 Å². The fourth-order valence-electron chi connectivity index (χ4n) is 5.47. The third-order valence-corrected chi connectivity index (χ3v) is 7.21. The standard InChI is InChI=1S/C29H21N3O5/c1-36-16-6-3-14(4-7-16)13-32-28(34)24-22-18-11-15(33)5-9-20(18)30-26(22)27-23(25(24)29(32)35)19-12-17(37-2)8-10-21(19)31-27/h3-12,30-31,33H,13H2,1-2H3. The molecule has 3 N–H and O–H groups in total. The number of aromatic hydroxyl groups is 1. The zero-order valence-corrected chi connectivity index (χ0v) is 20.0. The van der Waals surface area contributed by atoms with E-state index in [0.717, 1.165) is 27.5 Å². The Morgan fingerprint density at radius 3 is 1.86 bits per heavy atom. The third-order valence-electron chi connectivity index (χ3n) is 7.21. The third kappa shape index (κ3) is 2.89. The molecule has 8 heteroatoms. The van der Waals surface area contributed by atoms with Crippen LogP contribution >= 0.6 is 0 Å². The molecule has 0 unspecified atom stereocenters. The summed E-state index contributed by atoms with van der Waals surface area (Å²) in [6, 6.07) is 17.9. The van der Waals surface area contributed by atoms with Crippen molar-refractivity contribution in [2.45, 2.75) is 6.54 Å². The molecule has 6 aromatic rings. The summed E-state index contributed by atoms with van der Waals surface area (Å²) in [6.45, 7) is 0.124. The molecule has 2 aromatic heterocycles. The molecule has 0 radical (unpaired) electrons. The number of rotatable bonds is 4. The first-order chi connectivity index (χ1) is 18.0. The van der Waals surface area contributed by atoms with Crippen LogP contribution in [0, 0.1) is 0 Å². The maximum absolute atomic E-state index is 14.0. The number of carbonyl (C=O) groups is 2. The smallest absolute Gasteiger partial charge is 0.262 e. The summed E-state index contributed by atoms with van der Waals surface area (Å²) >= 11 is 0. The van der Waals surface area contributed by atoms with Crippen LogP contribution < -0.4 is 9.47 Å². The number of imide groups is 1. The molecule has 0 aliphatic carbocycles. The van der Waals surface area contributed by atoms with Crippen molar-refractivity contribution < 1.29 is 24.2 Å². The van der Waals surface area contributed by atoms with Crippen molar-refractivity contribution >= 4 is 55.4 Å². The van der Waals surface area contributed by atoms with Crippen molar-refractivity contribution in [1.29, 1.82) is 0 Å². The fraction of sp³-hybridized carbons (Fsp3) is 0.103. The van der Waals surface area contributed by atoms with Crippen molar-refractivity contribution in [3.8, 4) is 17.2 Å². The van der Waals surface area contributed by atoms with Gasteiger partial charge in [0.05, 0.1) is 42.9 Å². The van der Waals surface area contributed by atoms with Crippen LogP contribution in [-0.4, -0.2) is 46.0 Å². The maximum Gasteiger partial charge on any atom is 0.262 e. The maximum atomic E-state index is 14.0. The Hall–Kier alpha value is -4.98. The molecule has 0 saturated carbocycles. The Morgan fingerprint density at radius 1 is 0.730 bits per heavy atom. The van der Waals surface area contributed by atoms with Crippen LogP contribution in [0.1, 0.15) is 26.3 Å². The zero-order valence-electron chi connectivity index (χ0n) is 20.0. The lowest BCUT2D eigenvalue weighted by Crippen LogP contribution is -2.29. The molecule has 0 fully saturated rings. The van der Waals surface area contributed by atoms with E-state index in [1.807, 2.05) is 30.3 Å². The lowest BCUT2D eigenvalue weighted by Gasteiger charge is -2.14. The Labute approximate surface area is 210 Å². The van der Waals surface area contributed by atoms with Gasteiger partial charge in [-0.1, -0.05) is 12.1 Å².